The van der Waals surface area contributed by atoms with E-state index in [1.54, 1.807) is 0 Å². The summed E-state index contributed by atoms with van der Waals surface area (Å²) in [5.41, 5.74) is 7.29. The predicted molar refractivity (Wildman–Crippen MR) is 59.9 cm³/mol. The fraction of sp³-hybridized carbons (Fsp3) is 0.500. The third kappa shape index (κ3) is 2.74. The predicted octanol–water partition coefficient (Wildman–Crippen LogP) is 2.74. The van der Waals surface area contributed by atoms with E-state index < -0.39 is 6.10 Å². The Morgan fingerprint density at radius 1 is 1.43 bits per heavy atom. The van der Waals surface area contributed by atoms with E-state index >= 15 is 0 Å². The molecular formula is C12H19NO. The standard InChI is InChI=1S/C12H19NO/c1-3-5-9(2)12(14)10-6-4-7-11(13)8-10/h4,6-9,12,14H,3,5,13H2,1-2H3. The van der Waals surface area contributed by atoms with Crippen molar-refractivity contribution in [1.82, 2.24) is 0 Å². The zero-order valence-corrected chi connectivity index (χ0v) is 8.90. The first kappa shape index (κ1) is 11.1. The van der Waals surface area contributed by atoms with Crippen LogP contribution in [0.15, 0.2) is 24.3 Å². The van der Waals surface area contributed by atoms with E-state index in [-0.39, 0.29) is 0 Å². The Balaban J connectivity index is 2.73. The molecule has 0 radical (unpaired) electrons. The molecule has 0 aliphatic carbocycles. The third-order valence-corrected chi connectivity index (χ3v) is 2.54. The summed E-state index contributed by atoms with van der Waals surface area (Å²) in [4.78, 5) is 0. The van der Waals surface area contributed by atoms with Gasteiger partial charge in [0.1, 0.15) is 0 Å². The van der Waals surface area contributed by atoms with E-state index in [1.165, 1.54) is 0 Å². The highest BCUT2D eigenvalue weighted by Crippen LogP contribution is 2.26. The number of aliphatic hydroxyl groups excluding tert-OH is 1. The van der Waals surface area contributed by atoms with Gasteiger partial charge in [-0.1, -0.05) is 32.4 Å². The number of rotatable bonds is 4. The SMILES string of the molecule is CCCC(C)C(O)c1cccc(N)c1. The zero-order valence-electron chi connectivity index (χ0n) is 8.90. The fourth-order valence-electron chi connectivity index (χ4n) is 1.68. The normalized spacial score (nSPS) is 15.1. The van der Waals surface area contributed by atoms with Crippen molar-refractivity contribution >= 4 is 5.69 Å². The van der Waals surface area contributed by atoms with Crippen LogP contribution in [0.1, 0.15) is 38.4 Å². The molecule has 78 valence electrons. The van der Waals surface area contributed by atoms with E-state index in [4.69, 9.17) is 5.73 Å². The highest BCUT2D eigenvalue weighted by atomic mass is 16.3. The maximum atomic E-state index is 9.99. The fourth-order valence-corrected chi connectivity index (χ4v) is 1.68. The Labute approximate surface area is 85.8 Å². The van der Waals surface area contributed by atoms with Gasteiger partial charge < -0.3 is 10.8 Å². The minimum absolute atomic E-state index is 0.293. The lowest BCUT2D eigenvalue weighted by atomic mass is 9.93. The molecular weight excluding hydrogens is 174 g/mol. The molecule has 2 atom stereocenters. The molecule has 1 aromatic rings. The van der Waals surface area contributed by atoms with Crippen LogP contribution in [-0.4, -0.2) is 5.11 Å². The molecule has 0 saturated carbocycles. The first-order chi connectivity index (χ1) is 6.65. The minimum atomic E-state index is -0.390. The summed E-state index contributed by atoms with van der Waals surface area (Å²) in [6, 6.07) is 7.48. The van der Waals surface area contributed by atoms with Crippen LogP contribution >= 0.6 is 0 Å². The molecule has 14 heavy (non-hydrogen) atoms. The maximum absolute atomic E-state index is 9.99. The molecule has 2 unspecified atom stereocenters. The number of nitrogen functional groups attached to an aromatic ring is 1. The largest absolute Gasteiger partial charge is 0.399 e. The van der Waals surface area contributed by atoms with E-state index in [0.29, 0.717) is 11.6 Å². The molecule has 2 nitrogen and oxygen atoms in total. The van der Waals surface area contributed by atoms with Crippen LogP contribution in [0.2, 0.25) is 0 Å². The monoisotopic (exact) mass is 193 g/mol. The first-order valence-corrected chi connectivity index (χ1v) is 5.18. The van der Waals surface area contributed by atoms with Gasteiger partial charge in [0, 0.05) is 5.69 Å². The summed E-state index contributed by atoms with van der Waals surface area (Å²) < 4.78 is 0. The minimum Gasteiger partial charge on any atom is -0.399 e. The van der Waals surface area contributed by atoms with Crippen LogP contribution in [0.25, 0.3) is 0 Å². The summed E-state index contributed by atoms with van der Waals surface area (Å²) in [6.45, 7) is 4.19. The lowest BCUT2D eigenvalue weighted by Gasteiger charge is -2.18. The maximum Gasteiger partial charge on any atom is 0.0816 e. The quantitative estimate of drug-likeness (QED) is 0.722. The molecule has 0 bridgehead atoms. The Kier molecular flexibility index (Phi) is 3.96. The van der Waals surface area contributed by atoms with Gasteiger partial charge in [-0.15, -0.1) is 0 Å². The van der Waals surface area contributed by atoms with Gasteiger partial charge in [-0.2, -0.15) is 0 Å². The van der Waals surface area contributed by atoms with Gasteiger partial charge in [0.25, 0.3) is 0 Å². The molecule has 0 aromatic heterocycles. The van der Waals surface area contributed by atoms with Gasteiger partial charge in [-0.3, -0.25) is 0 Å². The topological polar surface area (TPSA) is 46.2 Å². The van der Waals surface area contributed by atoms with Gasteiger partial charge in [-0.25, -0.2) is 0 Å². The second-order valence-corrected chi connectivity index (χ2v) is 3.88. The van der Waals surface area contributed by atoms with Gasteiger partial charge in [0.05, 0.1) is 6.10 Å². The van der Waals surface area contributed by atoms with Gasteiger partial charge in [0.15, 0.2) is 0 Å². The molecule has 3 N–H and O–H groups in total. The summed E-state index contributed by atoms with van der Waals surface area (Å²) in [5.74, 6) is 0.293. The average molecular weight is 193 g/mol. The number of aliphatic hydroxyl groups is 1. The van der Waals surface area contributed by atoms with Crippen LogP contribution in [0.5, 0.6) is 0 Å². The summed E-state index contributed by atoms with van der Waals surface area (Å²) >= 11 is 0. The lowest BCUT2D eigenvalue weighted by molar-refractivity contribution is 0.112. The molecule has 0 saturated heterocycles. The van der Waals surface area contributed by atoms with Crippen LogP contribution < -0.4 is 5.73 Å². The van der Waals surface area contributed by atoms with Crippen LogP contribution in [0, 0.1) is 5.92 Å². The zero-order chi connectivity index (χ0) is 10.6. The van der Waals surface area contributed by atoms with Crippen molar-refractivity contribution in [3.8, 4) is 0 Å². The number of nitrogens with two attached hydrogens (primary N) is 1. The van der Waals surface area contributed by atoms with Gasteiger partial charge >= 0.3 is 0 Å². The van der Waals surface area contributed by atoms with Crippen molar-refractivity contribution in [3.63, 3.8) is 0 Å². The second-order valence-electron chi connectivity index (χ2n) is 3.88. The molecule has 0 aliphatic rings. The molecule has 0 aliphatic heterocycles. The van der Waals surface area contributed by atoms with Crippen molar-refractivity contribution in [3.05, 3.63) is 29.8 Å². The van der Waals surface area contributed by atoms with Crippen molar-refractivity contribution in [1.29, 1.82) is 0 Å². The molecule has 1 aromatic carbocycles. The number of hydrogen-bond acceptors (Lipinski definition) is 2. The first-order valence-electron chi connectivity index (χ1n) is 5.18. The third-order valence-electron chi connectivity index (χ3n) is 2.54. The number of anilines is 1. The van der Waals surface area contributed by atoms with Crippen LogP contribution in [0.4, 0.5) is 5.69 Å². The summed E-state index contributed by atoms with van der Waals surface area (Å²) in [6.07, 6.45) is 1.75. The lowest BCUT2D eigenvalue weighted by Crippen LogP contribution is -2.09. The van der Waals surface area contributed by atoms with Crippen LogP contribution in [-0.2, 0) is 0 Å². The number of hydrogen-bond donors (Lipinski definition) is 2. The molecule has 1 rings (SSSR count). The summed E-state index contributed by atoms with van der Waals surface area (Å²) in [7, 11) is 0. The Hall–Kier alpha value is -1.02. The summed E-state index contributed by atoms with van der Waals surface area (Å²) in [5, 5.41) is 9.99. The van der Waals surface area contributed by atoms with E-state index in [9.17, 15) is 5.11 Å². The van der Waals surface area contributed by atoms with Crippen molar-refractivity contribution in [2.75, 3.05) is 5.73 Å². The molecule has 0 fully saturated rings. The van der Waals surface area contributed by atoms with Crippen LogP contribution in [0.3, 0.4) is 0 Å². The van der Waals surface area contributed by atoms with E-state index in [0.717, 1.165) is 18.4 Å². The van der Waals surface area contributed by atoms with Crippen molar-refractivity contribution in [2.45, 2.75) is 32.8 Å². The molecule has 0 heterocycles. The highest BCUT2D eigenvalue weighted by Gasteiger charge is 2.15. The van der Waals surface area contributed by atoms with Gasteiger partial charge in [0.2, 0.25) is 0 Å². The smallest absolute Gasteiger partial charge is 0.0816 e. The molecule has 2 heteroatoms. The highest BCUT2D eigenvalue weighted by molar-refractivity contribution is 5.41. The molecule has 0 amide bonds. The molecule has 0 spiro atoms. The Bertz CT molecular complexity index is 285. The van der Waals surface area contributed by atoms with Gasteiger partial charge in [-0.05, 0) is 30.0 Å². The van der Waals surface area contributed by atoms with E-state index in [1.807, 2.05) is 24.3 Å². The van der Waals surface area contributed by atoms with Crippen molar-refractivity contribution in [2.24, 2.45) is 5.92 Å². The second kappa shape index (κ2) is 5.01. The van der Waals surface area contributed by atoms with E-state index in [2.05, 4.69) is 13.8 Å². The van der Waals surface area contributed by atoms with Crippen molar-refractivity contribution < 1.29 is 5.11 Å². The Morgan fingerprint density at radius 3 is 2.71 bits per heavy atom. The Morgan fingerprint density at radius 2 is 2.14 bits per heavy atom. The average Bonchev–Trinajstić information content (AvgIpc) is 2.17. The number of benzene rings is 1.